The molecule has 0 bridgehead atoms. The first-order chi connectivity index (χ1) is 14.6. The number of hydrogen-bond acceptors (Lipinski definition) is 5. The van der Waals surface area contributed by atoms with Crippen LogP contribution in [0.4, 0.5) is 0 Å². The van der Waals surface area contributed by atoms with Crippen LogP contribution in [0.25, 0.3) is 11.2 Å². The van der Waals surface area contributed by atoms with Crippen molar-refractivity contribution in [3.05, 3.63) is 41.6 Å². The largest absolute Gasteiger partial charge is 0.383 e. The van der Waals surface area contributed by atoms with E-state index >= 15 is 0 Å². The minimum Gasteiger partial charge on any atom is -0.383 e. The van der Waals surface area contributed by atoms with E-state index in [0.717, 1.165) is 60.7 Å². The molecule has 0 spiro atoms. The highest BCUT2D eigenvalue weighted by Gasteiger charge is 2.21. The van der Waals surface area contributed by atoms with Gasteiger partial charge in [0.25, 0.3) is 0 Å². The summed E-state index contributed by atoms with van der Waals surface area (Å²) in [4.78, 5) is 24.2. The fourth-order valence-electron chi connectivity index (χ4n) is 4.31. The summed E-state index contributed by atoms with van der Waals surface area (Å²) >= 11 is 0. The molecule has 30 heavy (non-hydrogen) atoms. The molecule has 0 unspecified atom stereocenters. The summed E-state index contributed by atoms with van der Waals surface area (Å²) in [6.07, 6.45) is 4.75. The zero-order valence-electron chi connectivity index (χ0n) is 18.0. The lowest BCUT2D eigenvalue weighted by molar-refractivity contribution is -0.131. The zero-order valence-corrected chi connectivity index (χ0v) is 18.0. The third-order valence-electron chi connectivity index (χ3n) is 5.65. The number of rotatable bonds is 7. The average Bonchev–Trinajstić information content (AvgIpc) is 3.20. The lowest BCUT2D eigenvalue weighted by Gasteiger charge is -2.20. The first-order valence-electron chi connectivity index (χ1n) is 10.7. The van der Waals surface area contributed by atoms with Crippen LogP contribution in [0, 0.1) is 6.92 Å². The Hall–Kier alpha value is -2.74. The summed E-state index contributed by atoms with van der Waals surface area (Å²) in [5.74, 6) is 1.17. The molecule has 0 fully saturated rings. The molecular weight excluding hydrogens is 380 g/mol. The van der Waals surface area contributed by atoms with Crippen molar-refractivity contribution < 1.29 is 9.53 Å². The van der Waals surface area contributed by atoms with Crippen LogP contribution in [-0.4, -0.2) is 55.4 Å². The number of aromatic nitrogens is 5. The highest BCUT2D eigenvalue weighted by atomic mass is 16.5. The molecule has 0 saturated carbocycles. The first-order valence-corrected chi connectivity index (χ1v) is 10.7. The van der Waals surface area contributed by atoms with Crippen LogP contribution in [-0.2, 0) is 29.0 Å². The molecule has 1 aliphatic heterocycles. The first kappa shape index (κ1) is 20.5. The van der Waals surface area contributed by atoms with E-state index in [1.165, 1.54) is 0 Å². The van der Waals surface area contributed by atoms with Crippen LogP contribution in [0.2, 0.25) is 0 Å². The molecule has 160 valence electrons. The normalized spacial score (nSPS) is 15.2. The number of carbonyl (C=O) groups excluding carboxylic acids is 1. The zero-order chi connectivity index (χ0) is 21.1. The van der Waals surface area contributed by atoms with Gasteiger partial charge in [0.05, 0.1) is 30.6 Å². The van der Waals surface area contributed by atoms with Gasteiger partial charge >= 0.3 is 0 Å². The lowest BCUT2D eigenvalue weighted by Crippen LogP contribution is -2.30. The number of amides is 1. The quantitative estimate of drug-likeness (QED) is 0.598. The maximum Gasteiger partial charge on any atom is 0.222 e. The number of hydrogen-bond donors (Lipinski definition) is 0. The minimum absolute atomic E-state index is 0.134. The molecule has 3 aromatic heterocycles. The number of imidazole rings is 1. The summed E-state index contributed by atoms with van der Waals surface area (Å²) < 4.78 is 9.54. The SMILES string of the molecule is COC[C@@H](C)n1c(CCCC(=O)N2CCCn3nc(C)cc3C2)nc2cccnc21. The molecule has 4 heterocycles. The standard InChI is InChI=1S/C22H30N6O2/c1-16-13-18-14-26(11-6-12-27(18)25-16)21(29)9-4-8-20-24-19-7-5-10-23-22(19)28(20)17(2)15-30-3/h5,7,10,13,17H,4,6,8-9,11-12,14-15H2,1-3H3/t17-/m1/s1. The summed E-state index contributed by atoms with van der Waals surface area (Å²) in [5.41, 5.74) is 3.90. The van der Waals surface area contributed by atoms with Crippen LogP contribution in [0.15, 0.2) is 24.4 Å². The highest BCUT2D eigenvalue weighted by Crippen LogP contribution is 2.21. The average molecular weight is 411 g/mol. The van der Waals surface area contributed by atoms with Crippen LogP contribution in [0.5, 0.6) is 0 Å². The molecule has 8 nitrogen and oxygen atoms in total. The van der Waals surface area contributed by atoms with Gasteiger partial charge in [0.2, 0.25) is 5.91 Å². The Morgan fingerprint density at radius 2 is 2.20 bits per heavy atom. The molecule has 0 N–H and O–H groups in total. The molecule has 3 aromatic rings. The van der Waals surface area contributed by atoms with Crippen LogP contribution >= 0.6 is 0 Å². The predicted octanol–water partition coefficient (Wildman–Crippen LogP) is 2.90. The van der Waals surface area contributed by atoms with Gasteiger partial charge in [-0.05, 0) is 44.9 Å². The molecular formula is C22H30N6O2. The topological polar surface area (TPSA) is 78.1 Å². The Morgan fingerprint density at radius 3 is 3.03 bits per heavy atom. The molecule has 8 heteroatoms. The Bertz CT molecular complexity index is 1020. The van der Waals surface area contributed by atoms with E-state index in [2.05, 4.69) is 27.6 Å². The number of ether oxygens (including phenoxy) is 1. The van der Waals surface area contributed by atoms with Crippen LogP contribution in [0.3, 0.4) is 0 Å². The van der Waals surface area contributed by atoms with Crippen molar-refractivity contribution in [3.8, 4) is 0 Å². The summed E-state index contributed by atoms with van der Waals surface area (Å²) in [6.45, 7) is 7.01. The van der Waals surface area contributed by atoms with Crippen LogP contribution < -0.4 is 0 Å². The van der Waals surface area contributed by atoms with Crippen molar-refractivity contribution in [2.24, 2.45) is 0 Å². The number of aryl methyl sites for hydroxylation is 3. The van der Waals surface area contributed by atoms with Gasteiger partial charge < -0.3 is 14.2 Å². The van der Waals surface area contributed by atoms with Gasteiger partial charge in [-0.2, -0.15) is 5.10 Å². The van der Waals surface area contributed by atoms with Crippen molar-refractivity contribution in [1.82, 2.24) is 29.2 Å². The Balaban J connectivity index is 1.42. The van der Waals surface area contributed by atoms with E-state index in [-0.39, 0.29) is 11.9 Å². The molecule has 0 radical (unpaired) electrons. The van der Waals surface area contributed by atoms with Crippen molar-refractivity contribution in [2.75, 3.05) is 20.3 Å². The second-order valence-corrected chi connectivity index (χ2v) is 8.07. The van der Waals surface area contributed by atoms with E-state index in [1.54, 1.807) is 13.3 Å². The van der Waals surface area contributed by atoms with E-state index in [4.69, 9.17) is 9.72 Å². The van der Waals surface area contributed by atoms with E-state index < -0.39 is 0 Å². The van der Waals surface area contributed by atoms with E-state index in [1.807, 2.05) is 28.6 Å². The monoisotopic (exact) mass is 410 g/mol. The van der Waals surface area contributed by atoms with Gasteiger partial charge in [0.1, 0.15) is 11.3 Å². The maximum atomic E-state index is 12.9. The van der Waals surface area contributed by atoms with Gasteiger partial charge in [-0.25, -0.2) is 9.97 Å². The number of pyridine rings is 1. The highest BCUT2D eigenvalue weighted by molar-refractivity contribution is 5.76. The fraction of sp³-hybridized carbons (Fsp3) is 0.545. The number of carbonyl (C=O) groups is 1. The minimum atomic E-state index is 0.134. The Labute approximate surface area is 176 Å². The van der Waals surface area contributed by atoms with Gasteiger partial charge in [0.15, 0.2) is 5.65 Å². The smallest absolute Gasteiger partial charge is 0.222 e. The molecule has 1 amide bonds. The van der Waals surface area contributed by atoms with Gasteiger partial charge in [-0.3, -0.25) is 9.48 Å². The second-order valence-electron chi connectivity index (χ2n) is 8.07. The molecule has 4 rings (SSSR count). The third kappa shape index (κ3) is 4.23. The van der Waals surface area contributed by atoms with Gasteiger partial charge in [-0.15, -0.1) is 0 Å². The van der Waals surface area contributed by atoms with Crippen molar-refractivity contribution in [1.29, 1.82) is 0 Å². The van der Waals surface area contributed by atoms with Gasteiger partial charge in [0, 0.05) is 39.2 Å². The van der Waals surface area contributed by atoms with Crippen molar-refractivity contribution in [3.63, 3.8) is 0 Å². The Kier molecular flexibility index (Phi) is 6.13. The molecule has 1 aliphatic rings. The van der Waals surface area contributed by atoms with Crippen molar-refractivity contribution >= 4 is 17.1 Å². The van der Waals surface area contributed by atoms with E-state index in [0.29, 0.717) is 19.6 Å². The predicted molar refractivity (Wildman–Crippen MR) is 114 cm³/mol. The summed E-state index contributed by atoms with van der Waals surface area (Å²) in [6, 6.07) is 6.10. The number of nitrogens with zero attached hydrogens (tertiary/aromatic N) is 6. The fourth-order valence-corrected chi connectivity index (χ4v) is 4.31. The summed E-state index contributed by atoms with van der Waals surface area (Å²) in [7, 11) is 1.70. The Morgan fingerprint density at radius 1 is 1.33 bits per heavy atom. The molecule has 1 atom stereocenters. The number of methoxy groups -OCH3 is 1. The lowest BCUT2D eigenvalue weighted by atomic mass is 10.2. The molecule has 0 aliphatic carbocycles. The van der Waals surface area contributed by atoms with Gasteiger partial charge in [-0.1, -0.05) is 0 Å². The van der Waals surface area contributed by atoms with E-state index in [9.17, 15) is 4.79 Å². The van der Waals surface area contributed by atoms with Crippen LogP contribution in [0.1, 0.15) is 49.4 Å². The number of fused-ring (bicyclic) bond motifs is 2. The van der Waals surface area contributed by atoms with Crippen molar-refractivity contribution in [2.45, 2.75) is 58.7 Å². The third-order valence-corrected chi connectivity index (χ3v) is 5.65. The maximum absolute atomic E-state index is 12.9. The molecule has 0 aromatic carbocycles. The molecule has 0 saturated heterocycles. The summed E-state index contributed by atoms with van der Waals surface area (Å²) in [5, 5.41) is 4.52. The second kappa shape index (κ2) is 8.95.